The highest BCUT2D eigenvalue weighted by atomic mass is 19.4. The number of rotatable bonds is 3. The maximum absolute atomic E-state index is 12.6. The number of nitrogens with zero attached hydrogens (tertiary/aromatic N) is 1. The number of hydrogen-bond acceptors (Lipinski definition) is 2. The van der Waals surface area contributed by atoms with Crippen molar-refractivity contribution in [1.29, 1.82) is 0 Å². The van der Waals surface area contributed by atoms with Crippen LogP contribution in [-0.2, 0) is 6.18 Å². The summed E-state index contributed by atoms with van der Waals surface area (Å²) in [5, 5.41) is 7.22. The Morgan fingerprint density at radius 2 is 1.81 bits per heavy atom. The lowest BCUT2D eigenvalue weighted by molar-refractivity contribution is -0.137. The molecule has 0 spiro atoms. The zero-order valence-corrected chi connectivity index (χ0v) is 13.8. The highest BCUT2D eigenvalue weighted by Crippen LogP contribution is 2.30. The minimum Gasteiger partial charge on any atom is -0.331 e. The van der Waals surface area contributed by atoms with E-state index in [0.29, 0.717) is 11.3 Å². The molecule has 0 saturated heterocycles. The molecule has 1 atom stereocenters. The number of carbonyl (C=O) groups is 1. The third-order valence-corrected chi connectivity index (χ3v) is 4.01. The van der Waals surface area contributed by atoms with Crippen LogP contribution in [-0.4, -0.2) is 11.0 Å². The standard InChI is InChI=1S/C19H16F3N3O/c1-12(13-5-7-15(8-6-13)19(20,21)22)24-18(26)25-17-4-2-3-14-11-23-10-9-16(14)17/h2-12H,1H3,(H2,24,25,26)/t12-/m0/s1. The predicted octanol–water partition coefficient (Wildman–Crippen LogP) is 5.14. The maximum atomic E-state index is 12.6. The summed E-state index contributed by atoms with van der Waals surface area (Å²) in [5.41, 5.74) is 0.486. The second-order valence-corrected chi connectivity index (χ2v) is 5.84. The first-order chi connectivity index (χ1) is 12.3. The van der Waals surface area contributed by atoms with Crippen molar-refractivity contribution in [1.82, 2.24) is 10.3 Å². The molecule has 3 rings (SSSR count). The van der Waals surface area contributed by atoms with Crippen molar-refractivity contribution < 1.29 is 18.0 Å². The number of fused-ring (bicyclic) bond motifs is 1. The molecule has 0 aliphatic heterocycles. The summed E-state index contributed by atoms with van der Waals surface area (Å²) in [4.78, 5) is 16.3. The second-order valence-electron chi connectivity index (χ2n) is 5.84. The lowest BCUT2D eigenvalue weighted by atomic mass is 10.1. The maximum Gasteiger partial charge on any atom is 0.416 e. The van der Waals surface area contributed by atoms with Gasteiger partial charge in [-0.25, -0.2) is 4.79 Å². The molecule has 0 aliphatic carbocycles. The van der Waals surface area contributed by atoms with Gasteiger partial charge in [0.05, 0.1) is 17.3 Å². The minimum absolute atomic E-state index is 0.443. The highest BCUT2D eigenvalue weighted by Gasteiger charge is 2.30. The molecule has 2 aromatic carbocycles. The van der Waals surface area contributed by atoms with Crippen molar-refractivity contribution in [2.24, 2.45) is 0 Å². The van der Waals surface area contributed by atoms with Crippen LogP contribution in [0.5, 0.6) is 0 Å². The SMILES string of the molecule is C[C@H](NC(=O)Nc1cccc2cnccc12)c1ccc(C(F)(F)F)cc1. The van der Waals surface area contributed by atoms with Crippen molar-refractivity contribution in [2.75, 3.05) is 5.32 Å². The molecule has 2 N–H and O–H groups in total. The Morgan fingerprint density at radius 3 is 2.50 bits per heavy atom. The van der Waals surface area contributed by atoms with Gasteiger partial charge in [-0.15, -0.1) is 0 Å². The summed E-state index contributed by atoms with van der Waals surface area (Å²) in [6.45, 7) is 1.70. The first-order valence-corrected chi connectivity index (χ1v) is 7.92. The van der Waals surface area contributed by atoms with Crippen molar-refractivity contribution in [2.45, 2.75) is 19.1 Å². The van der Waals surface area contributed by atoms with Gasteiger partial charge >= 0.3 is 12.2 Å². The molecule has 3 aromatic rings. The minimum atomic E-state index is -4.38. The fourth-order valence-corrected chi connectivity index (χ4v) is 2.63. The number of amides is 2. The summed E-state index contributed by atoms with van der Waals surface area (Å²) in [6, 6.07) is 11.1. The zero-order chi connectivity index (χ0) is 18.7. The van der Waals surface area contributed by atoms with Crippen LogP contribution >= 0.6 is 0 Å². The summed E-state index contributed by atoms with van der Waals surface area (Å²) < 4.78 is 37.8. The van der Waals surface area contributed by atoms with E-state index >= 15 is 0 Å². The first-order valence-electron chi connectivity index (χ1n) is 7.92. The normalized spacial score (nSPS) is 12.6. The van der Waals surface area contributed by atoms with Gasteiger partial charge in [0.1, 0.15) is 0 Å². The summed E-state index contributed by atoms with van der Waals surface area (Å²) in [7, 11) is 0. The third-order valence-electron chi connectivity index (χ3n) is 4.01. The van der Waals surface area contributed by atoms with E-state index in [1.165, 1.54) is 12.1 Å². The van der Waals surface area contributed by atoms with E-state index in [1.807, 2.05) is 6.07 Å². The second kappa shape index (κ2) is 7.03. The van der Waals surface area contributed by atoms with E-state index in [9.17, 15) is 18.0 Å². The molecular formula is C19H16F3N3O. The molecule has 4 nitrogen and oxygen atoms in total. The van der Waals surface area contributed by atoms with E-state index < -0.39 is 23.8 Å². The molecule has 26 heavy (non-hydrogen) atoms. The quantitative estimate of drug-likeness (QED) is 0.681. The number of benzene rings is 2. The third kappa shape index (κ3) is 3.93. The Kier molecular flexibility index (Phi) is 4.79. The highest BCUT2D eigenvalue weighted by molar-refractivity contribution is 6.01. The molecule has 0 aliphatic rings. The van der Waals surface area contributed by atoms with Crippen LogP contribution in [0.25, 0.3) is 10.8 Å². The van der Waals surface area contributed by atoms with Crippen molar-refractivity contribution >= 4 is 22.5 Å². The predicted molar refractivity (Wildman–Crippen MR) is 93.8 cm³/mol. The van der Waals surface area contributed by atoms with E-state index in [4.69, 9.17) is 0 Å². The van der Waals surface area contributed by atoms with Crippen LogP contribution in [0.15, 0.2) is 60.9 Å². The average molecular weight is 359 g/mol. The molecular weight excluding hydrogens is 343 g/mol. The van der Waals surface area contributed by atoms with Crippen LogP contribution in [0.1, 0.15) is 24.1 Å². The molecule has 2 amide bonds. The molecule has 0 unspecified atom stereocenters. The zero-order valence-electron chi connectivity index (χ0n) is 13.8. The van der Waals surface area contributed by atoms with Gasteiger partial charge in [0.25, 0.3) is 0 Å². The fourth-order valence-electron chi connectivity index (χ4n) is 2.63. The smallest absolute Gasteiger partial charge is 0.331 e. The van der Waals surface area contributed by atoms with E-state index in [0.717, 1.165) is 22.9 Å². The van der Waals surface area contributed by atoms with E-state index in [2.05, 4.69) is 15.6 Å². The average Bonchev–Trinajstić information content (AvgIpc) is 2.61. The van der Waals surface area contributed by atoms with Crippen LogP contribution in [0.4, 0.5) is 23.7 Å². The van der Waals surface area contributed by atoms with E-state index in [-0.39, 0.29) is 0 Å². The monoisotopic (exact) mass is 359 g/mol. The first kappa shape index (κ1) is 17.7. The Labute approximate surface area is 148 Å². The Bertz CT molecular complexity index is 918. The van der Waals surface area contributed by atoms with E-state index in [1.54, 1.807) is 37.5 Å². The number of nitrogens with one attached hydrogen (secondary N) is 2. The van der Waals surface area contributed by atoms with Gasteiger partial charge in [0, 0.05) is 23.2 Å². The summed E-state index contributed by atoms with van der Waals surface area (Å²) in [5.74, 6) is 0. The largest absolute Gasteiger partial charge is 0.416 e. The number of hydrogen-bond donors (Lipinski definition) is 2. The van der Waals surface area contributed by atoms with Gasteiger partial charge in [-0.2, -0.15) is 13.2 Å². The van der Waals surface area contributed by atoms with Crippen LogP contribution in [0.3, 0.4) is 0 Å². The summed E-state index contributed by atoms with van der Waals surface area (Å²) >= 11 is 0. The Balaban J connectivity index is 1.69. The number of anilines is 1. The van der Waals surface area contributed by atoms with Crippen LogP contribution in [0, 0.1) is 0 Å². The topological polar surface area (TPSA) is 54.0 Å². The molecule has 0 bridgehead atoms. The molecule has 0 fully saturated rings. The van der Waals surface area contributed by atoms with Gasteiger partial charge in [-0.3, -0.25) is 4.98 Å². The number of alkyl halides is 3. The number of urea groups is 1. The summed E-state index contributed by atoms with van der Waals surface area (Å²) in [6.07, 6.45) is -1.05. The van der Waals surface area contributed by atoms with Crippen LogP contribution < -0.4 is 10.6 Å². The number of halogens is 3. The number of pyridine rings is 1. The Hall–Kier alpha value is -3.09. The number of aromatic nitrogens is 1. The van der Waals surface area contributed by atoms with Gasteiger partial charge in [-0.1, -0.05) is 24.3 Å². The Morgan fingerprint density at radius 1 is 1.08 bits per heavy atom. The lowest BCUT2D eigenvalue weighted by Crippen LogP contribution is -2.31. The number of carbonyl (C=O) groups excluding carboxylic acids is 1. The van der Waals surface area contributed by atoms with Gasteiger partial charge in [0.15, 0.2) is 0 Å². The van der Waals surface area contributed by atoms with Crippen molar-refractivity contribution in [3.8, 4) is 0 Å². The van der Waals surface area contributed by atoms with Gasteiger partial charge in [0.2, 0.25) is 0 Å². The van der Waals surface area contributed by atoms with Crippen molar-refractivity contribution in [3.63, 3.8) is 0 Å². The molecule has 1 heterocycles. The molecule has 0 saturated carbocycles. The van der Waals surface area contributed by atoms with Gasteiger partial charge in [-0.05, 0) is 36.8 Å². The van der Waals surface area contributed by atoms with Crippen LogP contribution in [0.2, 0.25) is 0 Å². The molecule has 1 aromatic heterocycles. The molecule has 7 heteroatoms. The molecule has 0 radical (unpaired) electrons. The molecule has 134 valence electrons. The van der Waals surface area contributed by atoms with Crippen molar-refractivity contribution in [3.05, 3.63) is 72.1 Å². The van der Waals surface area contributed by atoms with Gasteiger partial charge < -0.3 is 10.6 Å². The fraction of sp³-hybridized carbons (Fsp3) is 0.158. The lowest BCUT2D eigenvalue weighted by Gasteiger charge is -2.16.